The molecule has 0 radical (unpaired) electrons. The summed E-state index contributed by atoms with van der Waals surface area (Å²) in [5, 5.41) is 12.6. The van der Waals surface area contributed by atoms with E-state index in [1.54, 1.807) is 16.8 Å². The van der Waals surface area contributed by atoms with Gasteiger partial charge in [0.1, 0.15) is 5.82 Å². The zero-order valence-corrected chi connectivity index (χ0v) is 12.4. The van der Waals surface area contributed by atoms with Crippen molar-refractivity contribution in [3.05, 3.63) is 64.9 Å². The molecule has 0 unspecified atom stereocenters. The van der Waals surface area contributed by atoms with Gasteiger partial charge in [-0.05, 0) is 40.3 Å². The highest BCUT2D eigenvalue weighted by Crippen LogP contribution is 2.25. The highest BCUT2D eigenvalue weighted by molar-refractivity contribution is 7.98. The minimum absolute atomic E-state index is 0.325. The predicted octanol–water partition coefficient (Wildman–Crippen LogP) is 3.75. The topological polar surface area (TPSA) is 43.6 Å². The van der Waals surface area contributed by atoms with Crippen molar-refractivity contribution in [3.8, 4) is 5.69 Å². The Balaban J connectivity index is 1.79. The first-order valence-electron chi connectivity index (χ1n) is 6.14. The van der Waals surface area contributed by atoms with E-state index in [0.29, 0.717) is 21.5 Å². The van der Waals surface area contributed by atoms with E-state index in [2.05, 4.69) is 15.5 Å². The molecule has 4 nitrogen and oxygen atoms in total. The summed E-state index contributed by atoms with van der Waals surface area (Å²) in [5.74, 6) is 0.102. The van der Waals surface area contributed by atoms with Crippen LogP contribution in [0.15, 0.2) is 53.7 Å². The Kier molecular flexibility index (Phi) is 4.17. The lowest BCUT2D eigenvalue weighted by Gasteiger charge is -2.05. The van der Waals surface area contributed by atoms with Crippen molar-refractivity contribution in [2.45, 2.75) is 10.9 Å². The van der Waals surface area contributed by atoms with Gasteiger partial charge in [-0.2, -0.15) is 4.68 Å². The molecular formula is C14H10ClFN4S. The number of para-hydroxylation sites is 1. The average Bonchev–Trinajstić information content (AvgIpc) is 2.96. The van der Waals surface area contributed by atoms with Crippen molar-refractivity contribution in [3.63, 3.8) is 0 Å². The molecule has 0 bridgehead atoms. The fourth-order valence-corrected chi connectivity index (χ4v) is 2.82. The van der Waals surface area contributed by atoms with Gasteiger partial charge in [0.2, 0.25) is 5.16 Å². The van der Waals surface area contributed by atoms with Crippen LogP contribution in [0.3, 0.4) is 0 Å². The fraction of sp³-hybridized carbons (Fsp3) is 0.0714. The Bertz CT molecular complexity index is 748. The largest absolute Gasteiger partial charge is 0.214 e. The average molecular weight is 321 g/mol. The SMILES string of the molecule is Fc1cc(Cl)ccc1CSc1nnnn1-c1ccccc1. The number of thioether (sulfide) groups is 1. The van der Waals surface area contributed by atoms with Crippen molar-refractivity contribution in [2.24, 2.45) is 0 Å². The van der Waals surface area contributed by atoms with Crippen LogP contribution in [0.5, 0.6) is 0 Å². The zero-order valence-electron chi connectivity index (χ0n) is 10.8. The summed E-state index contributed by atoms with van der Waals surface area (Å²) >= 11 is 7.10. The molecule has 0 aliphatic heterocycles. The monoisotopic (exact) mass is 320 g/mol. The molecule has 3 rings (SSSR count). The number of nitrogens with zero attached hydrogens (tertiary/aromatic N) is 4. The molecule has 7 heteroatoms. The van der Waals surface area contributed by atoms with Crippen LogP contribution >= 0.6 is 23.4 Å². The van der Waals surface area contributed by atoms with Crippen LogP contribution in [0.1, 0.15) is 5.56 Å². The lowest BCUT2D eigenvalue weighted by molar-refractivity contribution is 0.617. The van der Waals surface area contributed by atoms with E-state index >= 15 is 0 Å². The molecule has 0 saturated heterocycles. The second-order valence-electron chi connectivity index (χ2n) is 4.23. The minimum Gasteiger partial charge on any atom is -0.207 e. The van der Waals surface area contributed by atoms with Crippen molar-refractivity contribution < 1.29 is 4.39 Å². The molecule has 3 aromatic rings. The lowest BCUT2D eigenvalue weighted by Crippen LogP contribution is -1.99. The number of tetrazole rings is 1. The molecule has 1 heterocycles. The number of benzene rings is 2. The number of rotatable bonds is 4. The number of aromatic nitrogens is 4. The van der Waals surface area contributed by atoms with Crippen LogP contribution in [-0.2, 0) is 5.75 Å². The van der Waals surface area contributed by atoms with E-state index in [1.807, 2.05) is 30.3 Å². The minimum atomic E-state index is -0.325. The maximum atomic E-state index is 13.7. The number of hydrogen-bond acceptors (Lipinski definition) is 4. The molecule has 0 aliphatic rings. The Morgan fingerprint density at radius 3 is 2.71 bits per heavy atom. The van der Waals surface area contributed by atoms with E-state index in [4.69, 9.17) is 11.6 Å². The Morgan fingerprint density at radius 2 is 1.95 bits per heavy atom. The quantitative estimate of drug-likeness (QED) is 0.687. The van der Waals surface area contributed by atoms with Gasteiger partial charge >= 0.3 is 0 Å². The summed E-state index contributed by atoms with van der Waals surface area (Å²) in [6.45, 7) is 0. The molecule has 0 spiro atoms. The fourth-order valence-electron chi connectivity index (χ4n) is 1.78. The van der Waals surface area contributed by atoms with Gasteiger partial charge < -0.3 is 0 Å². The van der Waals surface area contributed by atoms with Gasteiger partial charge in [-0.3, -0.25) is 0 Å². The second-order valence-corrected chi connectivity index (χ2v) is 5.61. The number of halogens is 2. The third kappa shape index (κ3) is 3.22. The molecule has 0 N–H and O–H groups in total. The Labute approximate surface area is 129 Å². The normalized spacial score (nSPS) is 10.8. The summed E-state index contributed by atoms with van der Waals surface area (Å²) in [5.41, 5.74) is 1.42. The van der Waals surface area contributed by atoms with Crippen LogP contribution in [0, 0.1) is 5.82 Å². The summed E-state index contributed by atoms with van der Waals surface area (Å²) in [6.07, 6.45) is 0. The summed E-state index contributed by atoms with van der Waals surface area (Å²) < 4.78 is 15.4. The van der Waals surface area contributed by atoms with Crippen LogP contribution in [0.4, 0.5) is 4.39 Å². The highest BCUT2D eigenvalue weighted by Gasteiger charge is 2.10. The first-order valence-corrected chi connectivity index (χ1v) is 7.51. The Morgan fingerprint density at radius 1 is 1.14 bits per heavy atom. The summed E-state index contributed by atoms with van der Waals surface area (Å²) in [4.78, 5) is 0. The van der Waals surface area contributed by atoms with Crippen molar-refractivity contribution >= 4 is 23.4 Å². The van der Waals surface area contributed by atoms with Crippen LogP contribution < -0.4 is 0 Å². The molecule has 0 fully saturated rings. The van der Waals surface area contributed by atoms with Crippen molar-refractivity contribution in [2.75, 3.05) is 0 Å². The lowest BCUT2D eigenvalue weighted by atomic mass is 10.2. The molecule has 0 amide bonds. The van der Waals surface area contributed by atoms with Crippen LogP contribution in [0.2, 0.25) is 5.02 Å². The molecule has 21 heavy (non-hydrogen) atoms. The molecular weight excluding hydrogens is 311 g/mol. The van der Waals surface area contributed by atoms with Crippen LogP contribution in [-0.4, -0.2) is 20.2 Å². The molecule has 0 atom stereocenters. The smallest absolute Gasteiger partial charge is 0.207 e. The predicted molar refractivity (Wildman–Crippen MR) is 80.1 cm³/mol. The molecule has 1 aromatic heterocycles. The van der Waals surface area contributed by atoms with Crippen molar-refractivity contribution in [1.82, 2.24) is 20.2 Å². The molecule has 106 valence electrons. The molecule has 0 aliphatic carbocycles. The molecule has 2 aromatic carbocycles. The maximum absolute atomic E-state index is 13.7. The Hall–Kier alpha value is -1.92. The molecule has 0 saturated carbocycles. The van der Waals surface area contributed by atoms with Gasteiger partial charge in [0.15, 0.2) is 0 Å². The van der Waals surface area contributed by atoms with E-state index in [9.17, 15) is 4.39 Å². The maximum Gasteiger partial charge on any atom is 0.214 e. The van der Waals surface area contributed by atoms with E-state index < -0.39 is 0 Å². The van der Waals surface area contributed by atoms with Crippen LogP contribution in [0.25, 0.3) is 5.69 Å². The van der Waals surface area contributed by atoms with Gasteiger partial charge in [0.05, 0.1) is 5.69 Å². The van der Waals surface area contributed by atoms with E-state index in [-0.39, 0.29) is 5.82 Å². The van der Waals surface area contributed by atoms with Gasteiger partial charge in [0.25, 0.3) is 0 Å². The van der Waals surface area contributed by atoms with E-state index in [0.717, 1.165) is 5.69 Å². The first-order chi connectivity index (χ1) is 10.2. The van der Waals surface area contributed by atoms with Gasteiger partial charge in [0, 0.05) is 10.8 Å². The third-order valence-corrected chi connectivity index (χ3v) is 4.02. The first kappa shape index (κ1) is 14.0. The standard InChI is InChI=1S/C14H10ClFN4S/c15-11-7-6-10(13(16)8-11)9-21-14-17-18-19-20(14)12-4-2-1-3-5-12/h1-8H,9H2. The van der Waals surface area contributed by atoms with Gasteiger partial charge in [-0.1, -0.05) is 47.6 Å². The summed E-state index contributed by atoms with van der Waals surface area (Å²) in [7, 11) is 0. The van der Waals surface area contributed by atoms with Gasteiger partial charge in [-0.25, -0.2) is 4.39 Å². The number of hydrogen-bond donors (Lipinski definition) is 0. The zero-order chi connectivity index (χ0) is 14.7. The second kappa shape index (κ2) is 6.24. The van der Waals surface area contributed by atoms with Gasteiger partial charge in [-0.15, -0.1) is 5.10 Å². The third-order valence-electron chi connectivity index (χ3n) is 2.81. The van der Waals surface area contributed by atoms with E-state index in [1.165, 1.54) is 17.8 Å². The van der Waals surface area contributed by atoms with Crippen molar-refractivity contribution in [1.29, 1.82) is 0 Å². The highest BCUT2D eigenvalue weighted by atomic mass is 35.5. The summed E-state index contributed by atoms with van der Waals surface area (Å²) in [6, 6.07) is 14.2.